The van der Waals surface area contributed by atoms with Crippen LogP contribution in [-0.2, 0) is 4.79 Å². The quantitative estimate of drug-likeness (QED) is 0.553. The summed E-state index contributed by atoms with van der Waals surface area (Å²) in [6.45, 7) is -0.140. The van der Waals surface area contributed by atoms with E-state index in [1.807, 2.05) is 60.5 Å². The molecule has 0 aliphatic rings. The predicted molar refractivity (Wildman–Crippen MR) is 105 cm³/mol. The van der Waals surface area contributed by atoms with Gasteiger partial charge in [-0.3, -0.25) is 15.6 Å². The lowest BCUT2D eigenvalue weighted by atomic mass is 10.3. The van der Waals surface area contributed by atoms with E-state index in [0.717, 1.165) is 5.69 Å². The molecule has 2 aromatic carbocycles. The van der Waals surface area contributed by atoms with E-state index in [4.69, 9.17) is 10.5 Å². The minimum atomic E-state index is -0.366. The summed E-state index contributed by atoms with van der Waals surface area (Å²) in [5.41, 5.74) is 12.6. The van der Waals surface area contributed by atoms with Gasteiger partial charge in [-0.15, -0.1) is 0 Å². The first-order valence-corrected chi connectivity index (χ1v) is 8.27. The molecular weight excluding hydrogens is 344 g/mol. The Bertz CT molecular complexity index is 889. The van der Waals surface area contributed by atoms with Gasteiger partial charge < -0.3 is 15.4 Å². The molecule has 138 valence electrons. The largest absolute Gasteiger partial charge is 0.484 e. The van der Waals surface area contributed by atoms with Crippen LogP contribution in [0.2, 0.25) is 0 Å². The van der Waals surface area contributed by atoms with Crippen LogP contribution in [0, 0.1) is 0 Å². The zero-order chi connectivity index (χ0) is 19.1. The Labute approximate surface area is 157 Å². The lowest BCUT2D eigenvalue weighted by molar-refractivity contribution is -0.122. The van der Waals surface area contributed by atoms with Crippen molar-refractivity contribution in [2.45, 2.75) is 0 Å². The van der Waals surface area contributed by atoms with Crippen LogP contribution in [0.25, 0.3) is 0 Å². The average Bonchev–Trinajstić information content (AvgIpc) is 2.72. The number of nitrogens with zero attached hydrogens (tertiary/aromatic N) is 3. The number of carbonyl (C=O) groups is 1. The third-order valence-electron chi connectivity index (χ3n) is 3.76. The van der Waals surface area contributed by atoms with Crippen LogP contribution in [-0.4, -0.2) is 29.5 Å². The van der Waals surface area contributed by atoms with E-state index < -0.39 is 0 Å². The van der Waals surface area contributed by atoms with Gasteiger partial charge in [-0.2, -0.15) is 0 Å². The Morgan fingerprint density at radius 1 is 1.07 bits per heavy atom. The molecule has 0 unspecified atom stereocenters. The van der Waals surface area contributed by atoms with Crippen LogP contribution >= 0.6 is 0 Å². The van der Waals surface area contributed by atoms with Crippen molar-refractivity contribution in [1.82, 2.24) is 15.4 Å². The number of hydrogen-bond acceptors (Lipinski definition) is 7. The van der Waals surface area contributed by atoms with Gasteiger partial charge in [0.15, 0.2) is 18.2 Å². The second-order valence-electron chi connectivity index (χ2n) is 5.63. The van der Waals surface area contributed by atoms with Gasteiger partial charge in [0, 0.05) is 12.7 Å². The molecule has 3 rings (SSSR count). The van der Waals surface area contributed by atoms with Crippen molar-refractivity contribution in [3.63, 3.8) is 0 Å². The maximum absolute atomic E-state index is 11.9. The highest BCUT2D eigenvalue weighted by Gasteiger charge is 2.14. The number of amides is 1. The number of hydrogen-bond donors (Lipinski definition) is 3. The van der Waals surface area contributed by atoms with Gasteiger partial charge in [-0.05, 0) is 24.3 Å². The van der Waals surface area contributed by atoms with E-state index in [1.54, 1.807) is 12.1 Å². The van der Waals surface area contributed by atoms with Crippen LogP contribution in [0.1, 0.15) is 0 Å². The molecule has 4 N–H and O–H groups in total. The molecule has 8 heteroatoms. The highest BCUT2D eigenvalue weighted by molar-refractivity contribution is 5.82. The molecule has 0 fully saturated rings. The summed E-state index contributed by atoms with van der Waals surface area (Å²) in [7, 11) is 1.85. The van der Waals surface area contributed by atoms with E-state index in [9.17, 15) is 4.79 Å². The fourth-order valence-electron chi connectivity index (χ4n) is 2.36. The minimum absolute atomic E-state index is 0.140. The molecule has 1 aromatic heterocycles. The van der Waals surface area contributed by atoms with Crippen molar-refractivity contribution in [3.8, 4) is 5.75 Å². The van der Waals surface area contributed by atoms with Gasteiger partial charge in [0.05, 0.1) is 0 Å². The second kappa shape index (κ2) is 8.52. The summed E-state index contributed by atoms with van der Waals surface area (Å²) in [5, 5.41) is 0. The number of ether oxygens (including phenoxy) is 1. The Kier molecular flexibility index (Phi) is 5.68. The average molecular weight is 364 g/mol. The van der Waals surface area contributed by atoms with Crippen molar-refractivity contribution in [3.05, 3.63) is 67.0 Å². The minimum Gasteiger partial charge on any atom is -0.484 e. The molecule has 0 aliphatic heterocycles. The first kappa shape index (κ1) is 18.0. The van der Waals surface area contributed by atoms with E-state index in [1.165, 1.54) is 6.33 Å². The van der Waals surface area contributed by atoms with E-state index in [2.05, 4.69) is 20.8 Å². The van der Waals surface area contributed by atoms with Crippen LogP contribution in [0.4, 0.5) is 23.0 Å². The summed E-state index contributed by atoms with van der Waals surface area (Å²) in [6, 6.07) is 18.7. The fourth-order valence-corrected chi connectivity index (χ4v) is 2.36. The molecule has 0 saturated heterocycles. The molecule has 3 aromatic rings. The zero-order valence-electron chi connectivity index (χ0n) is 14.8. The first-order chi connectivity index (χ1) is 13.1. The maximum Gasteiger partial charge on any atom is 0.276 e. The standard InChI is InChI=1S/C19H20N6O2/c1-25(14-8-4-2-5-9-14)19-17(20)18(21-13-22-19)24-23-16(26)12-27-15-10-6-3-7-11-15/h2-11,13H,12,20H2,1H3,(H,23,26)(H,21,22,24). The highest BCUT2D eigenvalue weighted by Crippen LogP contribution is 2.29. The van der Waals surface area contributed by atoms with E-state index >= 15 is 0 Å². The predicted octanol–water partition coefficient (Wildman–Crippen LogP) is 2.35. The Morgan fingerprint density at radius 2 is 1.74 bits per heavy atom. The van der Waals surface area contributed by atoms with Crippen LogP contribution in [0.5, 0.6) is 5.75 Å². The van der Waals surface area contributed by atoms with Crippen LogP contribution < -0.4 is 26.2 Å². The SMILES string of the molecule is CN(c1ccccc1)c1ncnc(NNC(=O)COc2ccccc2)c1N. The summed E-state index contributed by atoms with van der Waals surface area (Å²) < 4.78 is 5.38. The van der Waals surface area contributed by atoms with Gasteiger partial charge in [-0.25, -0.2) is 9.97 Å². The van der Waals surface area contributed by atoms with Crippen molar-refractivity contribution >= 4 is 28.9 Å². The molecular formula is C19H20N6O2. The van der Waals surface area contributed by atoms with Crippen molar-refractivity contribution in [2.24, 2.45) is 0 Å². The van der Waals surface area contributed by atoms with Crippen molar-refractivity contribution in [2.75, 3.05) is 29.7 Å². The first-order valence-electron chi connectivity index (χ1n) is 8.27. The number of anilines is 4. The second-order valence-corrected chi connectivity index (χ2v) is 5.63. The molecule has 1 amide bonds. The smallest absolute Gasteiger partial charge is 0.276 e. The molecule has 0 atom stereocenters. The summed E-state index contributed by atoms with van der Waals surface area (Å²) in [5.74, 6) is 1.07. The normalized spacial score (nSPS) is 10.1. The molecule has 0 radical (unpaired) electrons. The molecule has 1 heterocycles. The summed E-state index contributed by atoms with van der Waals surface area (Å²) in [4.78, 5) is 22.1. The number of rotatable bonds is 7. The topological polar surface area (TPSA) is 105 Å². The van der Waals surface area contributed by atoms with Gasteiger partial charge >= 0.3 is 0 Å². The van der Waals surface area contributed by atoms with Crippen molar-refractivity contribution < 1.29 is 9.53 Å². The Morgan fingerprint density at radius 3 is 2.44 bits per heavy atom. The number of para-hydroxylation sites is 2. The molecule has 27 heavy (non-hydrogen) atoms. The van der Waals surface area contributed by atoms with Gasteiger partial charge in [0.1, 0.15) is 17.8 Å². The molecule has 0 saturated carbocycles. The number of hydrazine groups is 1. The lowest BCUT2D eigenvalue weighted by Gasteiger charge is -2.21. The molecule has 0 aliphatic carbocycles. The number of benzene rings is 2. The molecule has 0 bridgehead atoms. The lowest BCUT2D eigenvalue weighted by Crippen LogP contribution is -2.34. The Hall–Kier alpha value is -3.81. The third-order valence-corrected chi connectivity index (χ3v) is 3.76. The number of nitrogens with two attached hydrogens (primary N) is 1. The zero-order valence-corrected chi connectivity index (χ0v) is 14.8. The van der Waals surface area contributed by atoms with E-state index in [0.29, 0.717) is 23.1 Å². The Balaban J connectivity index is 1.61. The van der Waals surface area contributed by atoms with Gasteiger partial charge in [0.2, 0.25) is 0 Å². The van der Waals surface area contributed by atoms with E-state index in [-0.39, 0.29) is 12.5 Å². The molecule has 0 spiro atoms. The highest BCUT2D eigenvalue weighted by atomic mass is 16.5. The molecule has 8 nitrogen and oxygen atoms in total. The number of aromatic nitrogens is 2. The maximum atomic E-state index is 11.9. The number of nitrogen functional groups attached to an aromatic ring is 1. The van der Waals surface area contributed by atoms with Gasteiger partial charge in [-0.1, -0.05) is 36.4 Å². The summed E-state index contributed by atoms with van der Waals surface area (Å²) in [6.07, 6.45) is 1.38. The fraction of sp³-hybridized carbons (Fsp3) is 0.105. The van der Waals surface area contributed by atoms with Crippen molar-refractivity contribution in [1.29, 1.82) is 0 Å². The van der Waals surface area contributed by atoms with Gasteiger partial charge in [0.25, 0.3) is 5.91 Å². The number of nitrogens with one attached hydrogen (secondary N) is 2. The monoisotopic (exact) mass is 364 g/mol. The van der Waals surface area contributed by atoms with Crippen LogP contribution in [0.15, 0.2) is 67.0 Å². The number of carbonyl (C=O) groups excluding carboxylic acids is 1. The van der Waals surface area contributed by atoms with Crippen LogP contribution in [0.3, 0.4) is 0 Å². The summed E-state index contributed by atoms with van der Waals surface area (Å²) >= 11 is 0. The third kappa shape index (κ3) is 4.63.